The number of hydrogen-bond donors (Lipinski definition) is 1. The number of nitrogens with zero attached hydrogens (tertiary/aromatic N) is 5. The Bertz CT molecular complexity index is 740. The van der Waals surface area contributed by atoms with Crippen LogP contribution in [0, 0.1) is 0 Å². The van der Waals surface area contributed by atoms with Crippen LogP contribution in [0.25, 0.3) is 11.4 Å². The number of nitrogens with one attached hydrogen (secondary N) is 1. The number of anilines is 1. The molecule has 0 radical (unpaired) electrons. The molecule has 1 saturated heterocycles. The van der Waals surface area contributed by atoms with Gasteiger partial charge in [-0.05, 0) is 18.9 Å². The molecular weight excluding hydrogens is 276 g/mol. The summed E-state index contributed by atoms with van der Waals surface area (Å²) in [6, 6.07) is 12.2. The number of aromatic nitrogens is 5. The van der Waals surface area contributed by atoms with Crippen LogP contribution in [0.3, 0.4) is 0 Å². The van der Waals surface area contributed by atoms with Crippen LogP contribution in [-0.2, 0) is 0 Å². The molecular formula is C16H16N6. The number of benzene rings is 1. The summed E-state index contributed by atoms with van der Waals surface area (Å²) < 4.78 is 0. The molecule has 1 atom stereocenters. The van der Waals surface area contributed by atoms with Crippen LogP contribution in [0.5, 0.6) is 0 Å². The molecule has 4 rings (SSSR count). The number of hydrogen-bond acceptors (Lipinski definition) is 5. The topological polar surface area (TPSA) is 70.6 Å². The zero-order valence-corrected chi connectivity index (χ0v) is 12.1. The zero-order valence-electron chi connectivity index (χ0n) is 12.1. The summed E-state index contributed by atoms with van der Waals surface area (Å²) in [7, 11) is 0. The van der Waals surface area contributed by atoms with Gasteiger partial charge in [-0.3, -0.25) is 5.10 Å². The second kappa shape index (κ2) is 5.55. The van der Waals surface area contributed by atoms with Gasteiger partial charge in [0.2, 0.25) is 0 Å². The Kier molecular flexibility index (Phi) is 3.27. The lowest BCUT2D eigenvalue weighted by Gasteiger charge is -2.24. The van der Waals surface area contributed by atoms with E-state index in [9.17, 15) is 0 Å². The van der Waals surface area contributed by atoms with Crippen molar-refractivity contribution in [3.05, 3.63) is 54.7 Å². The van der Waals surface area contributed by atoms with E-state index in [1.165, 1.54) is 0 Å². The number of rotatable bonds is 3. The van der Waals surface area contributed by atoms with E-state index in [2.05, 4.69) is 25.1 Å². The average molecular weight is 292 g/mol. The summed E-state index contributed by atoms with van der Waals surface area (Å²) in [6.07, 6.45) is 5.55. The van der Waals surface area contributed by atoms with Crippen molar-refractivity contribution in [2.75, 3.05) is 11.4 Å². The summed E-state index contributed by atoms with van der Waals surface area (Å²) >= 11 is 0. The molecule has 0 saturated carbocycles. The molecule has 2 aromatic heterocycles. The summed E-state index contributed by atoms with van der Waals surface area (Å²) in [6.45, 7) is 0.969. The Balaban J connectivity index is 1.68. The fourth-order valence-electron chi connectivity index (χ4n) is 2.94. The summed E-state index contributed by atoms with van der Waals surface area (Å²) in [5, 5.41) is 6.94. The molecule has 6 nitrogen and oxygen atoms in total. The Labute approximate surface area is 128 Å². The molecule has 1 aromatic carbocycles. The van der Waals surface area contributed by atoms with Crippen molar-refractivity contribution >= 4 is 5.82 Å². The maximum absolute atomic E-state index is 4.74. The smallest absolute Gasteiger partial charge is 0.161 e. The van der Waals surface area contributed by atoms with Gasteiger partial charge in [-0.25, -0.2) is 15.0 Å². The Morgan fingerprint density at radius 2 is 2.00 bits per heavy atom. The van der Waals surface area contributed by atoms with Crippen LogP contribution in [0.1, 0.15) is 24.7 Å². The predicted molar refractivity (Wildman–Crippen MR) is 83.2 cm³/mol. The Morgan fingerprint density at radius 1 is 1.09 bits per heavy atom. The zero-order chi connectivity index (χ0) is 14.8. The van der Waals surface area contributed by atoms with Crippen molar-refractivity contribution < 1.29 is 0 Å². The second-order valence-corrected chi connectivity index (χ2v) is 5.33. The Morgan fingerprint density at radius 3 is 2.82 bits per heavy atom. The van der Waals surface area contributed by atoms with Crippen LogP contribution in [0.15, 0.2) is 48.9 Å². The lowest BCUT2D eigenvalue weighted by atomic mass is 10.2. The molecule has 0 aliphatic carbocycles. The maximum atomic E-state index is 4.74. The van der Waals surface area contributed by atoms with Crippen LogP contribution in [-0.4, -0.2) is 31.7 Å². The summed E-state index contributed by atoms with van der Waals surface area (Å²) in [5.41, 5.74) is 1.03. The summed E-state index contributed by atoms with van der Waals surface area (Å²) in [5.74, 6) is 2.59. The molecule has 3 aromatic rings. The first kappa shape index (κ1) is 12.9. The SMILES string of the molecule is c1ccc(-c2nccc(N3CCC[C@H]3c3ncn[nH]3)n2)cc1. The van der Waals surface area contributed by atoms with Crippen molar-refractivity contribution in [3.63, 3.8) is 0 Å². The highest BCUT2D eigenvalue weighted by atomic mass is 15.3. The van der Waals surface area contributed by atoms with Gasteiger partial charge in [-0.1, -0.05) is 30.3 Å². The van der Waals surface area contributed by atoms with E-state index >= 15 is 0 Å². The second-order valence-electron chi connectivity index (χ2n) is 5.33. The van der Waals surface area contributed by atoms with Crippen molar-refractivity contribution in [1.29, 1.82) is 0 Å². The quantitative estimate of drug-likeness (QED) is 0.803. The molecule has 1 fully saturated rings. The van der Waals surface area contributed by atoms with Crippen molar-refractivity contribution in [2.45, 2.75) is 18.9 Å². The van der Waals surface area contributed by atoms with Gasteiger partial charge in [0, 0.05) is 18.3 Å². The van der Waals surface area contributed by atoms with Gasteiger partial charge in [-0.15, -0.1) is 0 Å². The highest BCUT2D eigenvalue weighted by Crippen LogP contribution is 2.33. The fourth-order valence-corrected chi connectivity index (χ4v) is 2.94. The van der Waals surface area contributed by atoms with Crippen LogP contribution >= 0.6 is 0 Å². The van der Waals surface area contributed by atoms with Gasteiger partial charge >= 0.3 is 0 Å². The molecule has 0 bridgehead atoms. The van der Waals surface area contributed by atoms with E-state index in [1.807, 2.05) is 42.6 Å². The lowest BCUT2D eigenvalue weighted by Crippen LogP contribution is -2.24. The maximum Gasteiger partial charge on any atom is 0.161 e. The predicted octanol–water partition coefficient (Wildman–Crippen LogP) is 2.60. The monoisotopic (exact) mass is 292 g/mol. The first-order valence-electron chi connectivity index (χ1n) is 7.42. The van der Waals surface area contributed by atoms with E-state index < -0.39 is 0 Å². The molecule has 1 aliphatic heterocycles. The van der Waals surface area contributed by atoms with Crippen molar-refractivity contribution in [1.82, 2.24) is 25.1 Å². The minimum Gasteiger partial charge on any atom is -0.346 e. The summed E-state index contributed by atoms with van der Waals surface area (Å²) in [4.78, 5) is 15.7. The molecule has 3 heterocycles. The minimum atomic E-state index is 0.209. The van der Waals surface area contributed by atoms with E-state index in [0.717, 1.165) is 42.4 Å². The van der Waals surface area contributed by atoms with Gasteiger partial charge in [0.15, 0.2) is 5.82 Å². The standard InChI is InChI=1S/C16H16N6/c1-2-5-12(6-3-1)15-17-9-8-14(20-15)22-10-4-7-13(22)16-18-11-19-21-16/h1-3,5-6,8-9,11,13H,4,7,10H2,(H,18,19,21)/t13-/m0/s1. The largest absolute Gasteiger partial charge is 0.346 e. The van der Waals surface area contributed by atoms with Crippen LogP contribution in [0.2, 0.25) is 0 Å². The molecule has 6 heteroatoms. The molecule has 22 heavy (non-hydrogen) atoms. The lowest BCUT2D eigenvalue weighted by molar-refractivity contribution is 0.663. The first-order valence-corrected chi connectivity index (χ1v) is 7.42. The normalized spacial score (nSPS) is 17.8. The van der Waals surface area contributed by atoms with Gasteiger partial charge < -0.3 is 4.90 Å². The third kappa shape index (κ3) is 2.32. The number of aromatic amines is 1. The average Bonchev–Trinajstić information content (AvgIpc) is 3.27. The van der Waals surface area contributed by atoms with Crippen LogP contribution in [0.4, 0.5) is 5.82 Å². The molecule has 1 aliphatic rings. The Hall–Kier alpha value is -2.76. The van der Waals surface area contributed by atoms with E-state index in [0.29, 0.717) is 0 Å². The minimum absolute atomic E-state index is 0.209. The third-order valence-electron chi connectivity index (χ3n) is 3.97. The molecule has 1 N–H and O–H groups in total. The first-order chi connectivity index (χ1) is 10.9. The van der Waals surface area contributed by atoms with Gasteiger partial charge in [0.05, 0.1) is 6.04 Å². The van der Waals surface area contributed by atoms with Crippen molar-refractivity contribution in [2.24, 2.45) is 0 Å². The van der Waals surface area contributed by atoms with Gasteiger partial charge in [0.1, 0.15) is 18.0 Å². The molecule has 0 spiro atoms. The van der Waals surface area contributed by atoms with E-state index in [4.69, 9.17) is 4.98 Å². The van der Waals surface area contributed by atoms with E-state index in [1.54, 1.807) is 6.33 Å². The molecule has 0 unspecified atom stereocenters. The van der Waals surface area contributed by atoms with Gasteiger partial charge in [-0.2, -0.15) is 5.10 Å². The number of H-pyrrole nitrogens is 1. The fraction of sp³-hybridized carbons (Fsp3) is 0.250. The van der Waals surface area contributed by atoms with Gasteiger partial charge in [0.25, 0.3) is 0 Å². The highest BCUT2D eigenvalue weighted by Gasteiger charge is 2.29. The third-order valence-corrected chi connectivity index (χ3v) is 3.97. The molecule has 0 amide bonds. The van der Waals surface area contributed by atoms with Crippen LogP contribution < -0.4 is 4.90 Å². The van der Waals surface area contributed by atoms with Crippen molar-refractivity contribution in [3.8, 4) is 11.4 Å². The van der Waals surface area contributed by atoms with E-state index in [-0.39, 0.29) is 6.04 Å². The molecule has 110 valence electrons. The highest BCUT2D eigenvalue weighted by molar-refractivity contribution is 5.57.